The summed E-state index contributed by atoms with van der Waals surface area (Å²) >= 11 is 7.62. The van der Waals surface area contributed by atoms with Gasteiger partial charge in [0.1, 0.15) is 5.75 Å². The molecule has 3 rings (SSSR count). The van der Waals surface area contributed by atoms with Gasteiger partial charge in [-0.1, -0.05) is 11.6 Å². The second kappa shape index (κ2) is 5.16. The van der Waals surface area contributed by atoms with Gasteiger partial charge in [-0.25, -0.2) is 0 Å². The van der Waals surface area contributed by atoms with Crippen LogP contribution in [0.1, 0.15) is 25.7 Å². The third kappa shape index (κ3) is 2.54. The van der Waals surface area contributed by atoms with Gasteiger partial charge in [0, 0.05) is 10.4 Å². The Morgan fingerprint density at radius 2 is 2.10 bits per heavy atom. The first kappa shape index (κ1) is 14.1. The Bertz CT molecular complexity index is 747. The monoisotopic (exact) mass is 321 g/mol. The topological polar surface area (TPSA) is 55.4 Å². The molecule has 1 N–H and O–H groups in total. The van der Waals surface area contributed by atoms with E-state index in [2.05, 4.69) is 5.32 Å². The van der Waals surface area contributed by atoms with E-state index in [1.165, 1.54) is 11.3 Å². The van der Waals surface area contributed by atoms with Crippen LogP contribution < -0.4 is 10.1 Å². The molecule has 21 heavy (non-hydrogen) atoms. The van der Waals surface area contributed by atoms with Gasteiger partial charge >= 0.3 is 0 Å². The van der Waals surface area contributed by atoms with Gasteiger partial charge in [0.25, 0.3) is 5.91 Å². The highest BCUT2D eigenvalue weighted by Gasteiger charge is 2.22. The van der Waals surface area contributed by atoms with Crippen molar-refractivity contribution in [1.82, 2.24) is 0 Å². The zero-order valence-corrected chi connectivity index (χ0v) is 13.0. The lowest BCUT2D eigenvalue weighted by atomic mass is 10.1. The highest BCUT2D eigenvalue weighted by molar-refractivity contribution is 7.14. The highest BCUT2D eigenvalue weighted by Crippen LogP contribution is 2.35. The first-order valence-corrected chi connectivity index (χ1v) is 7.53. The smallest absolute Gasteiger partial charge is 0.262 e. The molecule has 0 fully saturated rings. The lowest BCUT2D eigenvalue weighted by Gasteiger charge is -2.19. The Kier molecular flexibility index (Phi) is 3.47. The number of aryl methyl sites for hydroxylation is 2. The van der Waals surface area contributed by atoms with Crippen LogP contribution in [-0.2, 0) is 4.79 Å². The summed E-state index contributed by atoms with van der Waals surface area (Å²) in [4.78, 5) is 25.6. The summed E-state index contributed by atoms with van der Waals surface area (Å²) in [5.74, 6) is 0.0963. The van der Waals surface area contributed by atoms with Crippen LogP contribution in [0.2, 0.25) is 5.02 Å². The number of carbonyl (C=O) groups is 2. The van der Waals surface area contributed by atoms with Crippen LogP contribution in [0.5, 0.6) is 5.75 Å². The Labute approximate surface area is 130 Å². The largest absolute Gasteiger partial charge is 0.482 e. The number of hydrogen-bond donors (Lipinski definition) is 1. The van der Waals surface area contributed by atoms with Gasteiger partial charge in [-0.15, -0.1) is 11.3 Å². The fourth-order valence-electron chi connectivity index (χ4n) is 2.09. The molecule has 1 aliphatic rings. The van der Waals surface area contributed by atoms with E-state index in [9.17, 15) is 9.59 Å². The second-order valence-electron chi connectivity index (χ2n) is 4.84. The van der Waals surface area contributed by atoms with Crippen LogP contribution in [0.15, 0.2) is 18.2 Å². The van der Waals surface area contributed by atoms with Crippen LogP contribution in [-0.4, -0.2) is 18.3 Å². The van der Waals surface area contributed by atoms with Gasteiger partial charge in [0.2, 0.25) is 5.78 Å². The van der Waals surface area contributed by atoms with Crippen LogP contribution in [0.25, 0.3) is 0 Å². The highest BCUT2D eigenvalue weighted by atomic mass is 35.5. The van der Waals surface area contributed by atoms with Crippen molar-refractivity contribution in [2.24, 2.45) is 0 Å². The summed E-state index contributed by atoms with van der Waals surface area (Å²) in [6.45, 7) is 3.89. The number of benzene rings is 1. The van der Waals surface area contributed by atoms with Crippen LogP contribution in [0.3, 0.4) is 0 Å². The standard InChI is InChI=1S/C15H12ClNO3S/c1-7-3-13(21-8(7)2)15(19)9-4-12-11(5-10(9)16)17-14(18)6-20-12/h3-5H,6H2,1-2H3,(H,17,18). The van der Waals surface area contributed by atoms with E-state index in [4.69, 9.17) is 16.3 Å². The quantitative estimate of drug-likeness (QED) is 0.860. The molecule has 1 aromatic heterocycles. The number of nitrogens with one attached hydrogen (secondary N) is 1. The number of carbonyl (C=O) groups excluding carboxylic acids is 2. The van der Waals surface area contributed by atoms with E-state index in [-0.39, 0.29) is 18.3 Å². The number of anilines is 1. The fourth-order valence-corrected chi connectivity index (χ4v) is 3.33. The van der Waals surface area contributed by atoms with E-state index in [0.29, 0.717) is 26.9 Å². The third-order valence-electron chi connectivity index (χ3n) is 3.34. The Balaban J connectivity index is 2.02. The van der Waals surface area contributed by atoms with Crippen LogP contribution in [0.4, 0.5) is 5.69 Å². The average molecular weight is 322 g/mol. The van der Waals surface area contributed by atoms with E-state index < -0.39 is 0 Å². The minimum Gasteiger partial charge on any atom is -0.482 e. The summed E-state index contributed by atoms with van der Waals surface area (Å²) in [6, 6.07) is 5.00. The number of ether oxygens (including phenoxy) is 1. The van der Waals surface area contributed by atoms with Gasteiger partial charge in [0.15, 0.2) is 6.61 Å². The predicted molar refractivity (Wildman–Crippen MR) is 82.8 cm³/mol. The first-order valence-electron chi connectivity index (χ1n) is 6.33. The second-order valence-corrected chi connectivity index (χ2v) is 6.51. The van der Waals surface area contributed by atoms with E-state index in [0.717, 1.165) is 10.4 Å². The van der Waals surface area contributed by atoms with Gasteiger partial charge < -0.3 is 10.1 Å². The maximum atomic E-state index is 12.6. The SMILES string of the molecule is Cc1cc(C(=O)c2cc3c(cc2Cl)NC(=O)CO3)sc1C. The molecule has 108 valence electrons. The molecule has 0 bridgehead atoms. The molecular formula is C15H12ClNO3S. The molecule has 1 aliphatic heterocycles. The maximum absolute atomic E-state index is 12.6. The lowest BCUT2D eigenvalue weighted by molar-refractivity contribution is -0.118. The third-order valence-corrected chi connectivity index (χ3v) is 4.80. The molecule has 0 spiro atoms. The summed E-state index contributed by atoms with van der Waals surface area (Å²) in [6.07, 6.45) is 0. The van der Waals surface area contributed by atoms with Gasteiger partial charge in [-0.05, 0) is 37.6 Å². The van der Waals surface area contributed by atoms with Crippen LogP contribution >= 0.6 is 22.9 Å². The molecule has 4 nitrogen and oxygen atoms in total. The summed E-state index contributed by atoms with van der Waals surface area (Å²) in [5.41, 5.74) is 1.96. The summed E-state index contributed by atoms with van der Waals surface area (Å²) in [5, 5.41) is 2.96. The minimum atomic E-state index is -0.234. The van der Waals surface area contributed by atoms with Crippen molar-refractivity contribution in [1.29, 1.82) is 0 Å². The van der Waals surface area contributed by atoms with Gasteiger partial charge in [-0.3, -0.25) is 9.59 Å². The van der Waals surface area contributed by atoms with Crippen molar-refractivity contribution in [3.8, 4) is 5.75 Å². The number of amides is 1. The molecule has 2 aromatic rings. The average Bonchev–Trinajstić information content (AvgIpc) is 2.77. The van der Waals surface area contributed by atoms with Gasteiger partial charge in [0.05, 0.1) is 15.6 Å². The minimum absolute atomic E-state index is 0.0561. The Hall–Kier alpha value is -1.85. The van der Waals surface area contributed by atoms with E-state index in [1.807, 2.05) is 19.9 Å². The molecule has 0 saturated carbocycles. The molecule has 0 radical (unpaired) electrons. The van der Waals surface area contributed by atoms with E-state index in [1.54, 1.807) is 12.1 Å². The molecule has 0 atom stereocenters. The van der Waals surface area contributed by atoms with E-state index >= 15 is 0 Å². The Morgan fingerprint density at radius 3 is 2.76 bits per heavy atom. The van der Waals surface area contributed by atoms with Crippen molar-refractivity contribution < 1.29 is 14.3 Å². The number of ketones is 1. The van der Waals surface area contributed by atoms with Crippen molar-refractivity contribution in [2.45, 2.75) is 13.8 Å². The summed E-state index contributed by atoms with van der Waals surface area (Å²) < 4.78 is 5.33. The molecular weight excluding hydrogens is 310 g/mol. The normalized spacial score (nSPS) is 13.4. The molecule has 0 saturated heterocycles. The molecule has 2 heterocycles. The fraction of sp³-hybridized carbons (Fsp3) is 0.200. The molecule has 1 aromatic carbocycles. The molecule has 0 unspecified atom stereocenters. The zero-order valence-electron chi connectivity index (χ0n) is 11.5. The first-order chi connectivity index (χ1) is 9.95. The molecule has 0 aliphatic carbocycles. The number of halogens is 1. The van der Waals surface area contributed by atoms with Crippen molar-refractivity contribution >= 4 is 40.3 Å². The zero-order chi connectivity index (χ0) is 15.1. The lowest BCUT2D eigenvalue weighted by Crippen LogP contribution is -2.25. The number of hydrogen-bond acceptors (Lipinski definition) is 4. The van der Waals surface area contributed by atoms with Gasteiger partial charge in [-0.2, -0.15) is 0 Å². The predicted octanol–water partition coefficient (Wildman–Crippen LogP) is 3.58. The molecule has 6 heteroatoms. The maximum Gasteiger partial charge on any atom is 0.262 e. The number of fused-ring (bicyclic) bond motifs is 1. The Morgan fingerprint density at radius 1 is 1.33 bits per heavy atom. The van der Waals surface area contributed by atoms with Crippen molar-refractivity contribution in [3.05, 3.63) is 44.1 Å². The molecule has 1 amide bonds. The van der Waals surface area contributed by atoms with Crippen molar-refractivity contribution in [2.75, 3.05) is 11.9 Å². The summed E-state index contributed by atoms with van der Waals surface area (Å²) in [7, 11) is 0. The van der Waals surface area contributed by atoms with Crippen molar-refractivity contribution in [3.63, 3.8) is 0 Å². The van der Waals surface area contributed by atoms with Crippen LogP contribution in [0, 0.1) is 13.8 Å². The number of thiophene rings is 1. The number of rotatable bonds is 2.